The molecule has 4 nitrogen and oxygen atoms in total. The van der Waals surface area contributed by atoms with Gasteiger partial charge < -0.3 is 9.63 Å². The van der Waals surface area contributed by atoms with Gasteiger partial charge in [0.1, 0.15) is 11.3 Å². The van der Waals surface area contributed by atoms with Crippen LogP contribution in [-0.2, 0) is 5.41 Å². The number of rotatable bonds is 2. The number of aromatic carboxylic acids is 1. The quantitative estimate of drug-likeness (QED) is 0.813. The molecule has 1 N–H and O–H groups in total. The molecule has 0 amide bonds. The Morgan fingerprint density at radius 2 is 2.07 bits per heavy atom. The summed E-state index contributed by atoms with van der Waals surface area (Å²) in [5.74, 6) is -0.143. The summed E-state index contributed by atoms with van der Waals surface area (Å²) in [5, 5.41) is 13.1. The van der Waals surface area contributed by atoms with Crippen LogP contribution in [0.25, 0.3) is 0 Å². The minimum atomic E-state index is -0.928. The van der Waals surface area contributed by atoms with E-state index in [9.17, 15) is 9.90 Å². The lowest BCUT2D eigenvalue weighted by Crippen LogP contribution is -2.15. The van der Waals surface area contributed by atoms with Gasteiger partial charge in [-0.2, -0.15) is 0 Å². The summed E-state index contributed by atoms with van der Waals surface area (Å²) in [6.45, 7) is 5.78. The maximum Gasteiger partial charge on any atom is 0.341 e. The van der Waals surface area contributed by atoms with Gasteiger partial charge in [-0.15, -0.1) is 0 Å². The first-order valence-corrected chi connectivity index (χ1v) is 5.14. The second-order valence-corrected chi connectivity index (χ2v) is 5.10. The normalized spacial score (nSPS) is 16.7. The highest BCUT2D eigenvalue weighted by Gasteiger charge is 2.37. The number of aromatic nitrogens is 1. The van der Waals surface area contributed by atoms with Crippen molar-refractivity contribution in [1.29, 1.82) is 0 Å². The Kier molecular flexibility index (Phi) is 2.10. The lowest BCUT2D eigenvalue weighted by molar-refractivity contribution is 0.0691. The Morgan fingerprint density at radius 3 is 2.47 bits per heavy atom. The molecule has 0 saturated heterocycles. The van der Waals surface area contributed by atoms with Crippen LogP contribution in [0.15, 0.2) is 4.52 Å². The van der Waals surface area contributed by atoms with Gasteiger partial charge in [-0.1, -0.05) is 25.9 Å². The summed E-state index contributed by atoms with van der Waals surface area (Å²) in [6.07, 6.45) is 2.05. The molecule has 1 aliphatic carbocycles. The fourth-order valence-electron chi connectivity index (χ4n) is 1.66. The van der Waals surface area contributed by atoms with E-state index in [0.29, 0.717) is 17.4 Å². The molecule has 4 heteroatoms. The second kappa shape index (κ2) is 3.08. The molecule has 1 saturated carbocycles. The highest BCUT2D eigenvalue weighted by atomic mass is 16.5. The largest absolute Gasteiger partial charge is 0.477 e. The lowest BCUT2D eigenvalue weighted by atomic mass is 9.89. The average molecular weight is 209 g/mol. The summed E-state index contributed by atoms with van der Waals surface area (Å²) in [5.41, 5.74) is 0.603. The van der Waals surface area contributed by atoms with Gasteiger partial charge in [0, 0.05) is 11.3 Å². The van der Waals surface area contributed by atoms with Crippen LogP contribution in [0.2, 0.25) is 0 Å². The van der Waals surface area contributed by atoms with Crippen molar-refractivity contribution in [2.45, 2.75) is 44.9 Å². The highest BCUT2D eigenvalue weighted by Crippen LogP contribution is 2.43. The molecular weight excluding hydrogens is 194 g/mol. The second-order valence-electron chi connectivity index (χ2n) is 5.10. The van der Waals surface area contributed by atoms with E-state index in [-0.39, 0.29) is 11.0 Å². The molecule has 0 aromatic carbocycles. The zero-order chi connectivity index (χ0) is 11.2. The molecule has 1 aromatic rings. The molecular formula is C11H15NO3. The standard InChI is InChI=1S/C11H15NO3/c1-11(2,3)9-7(10(13)14)8(12-15-9)6-4-5-6/h6H,4-5H2,1-3H3,(H,13,14). The first-order chi connectivity index (χ1) is 6.91. The summed E-state index contributed by atoms with van der Waals surface area (Å²) in [7, 11) is 0. The molecule has 0 spiro atoms. The first kappa shape index (κ1) is 10.2. The van der Waals surface area contributed by atoms with Gasteiger partial charge in [0.05, 0.1) is 0 Å². The van der Waals surface area contributed by atoms with Gasteiger partial charge in [-0.25, -0.2) is 4.79 Å². The summed E-state index contributed by atoms with van der Waals surface area (Å²) < 4.78 is 5.19. The smallest absolute Gasteiger partial charge is 0.341 e. The van der Waals surface area contributed by atoms with Crippen LogP contribution < -0.4 is 0 Å². The molecule has 1 aromatic heterocycles. The summed E-state index contributed by atoms with van der Waals surface area (Å²) in [6, 6.07) is 0. The van der Waals surface area contributed by atoms with E-state index in [4.69, 9.17) is 4.52 Å². The molecule has 0 aliphatic heterocycles. The van der Waals surface area contributed by atoms with Gasteiger partial charge in [0.15, 0.2) is 5.76 Å². The fraction of sp³-hybridized carbons (Fsp3) is 0.636. The molecule has 0 radical (unpaired) electrons. The summed E-state index contributed by atoms with van der Waals surface area (Å²) >= 11 is 0. The van der Waals surface area contributed by atoms with Crippen molar-refractivity contribution in [1.82, 2.24) is 5.16 Å². The highest BCUT2D eigenvalue weighted by molar-refractivity contribution is 5.90. The van der Waals surface area contributed by atoms with E-state index >= 15 is 0 Å². The minimum absolute atomic E-state index is 0.282. The van der Waals surface area contributed by atoms with Gasteiger partial charge in [0.2, 0.25) is 0 Å². The molecule has 15 heavy (non-hydrogen) atoms. The van der Waals surface area contributed by atoms with Crippen molar-refractivity contribution >= 4 is 5.97 Å². The van der Waals surface area contributed by atoms with Crippen molar-refractivity contribution < 1.29 is 14.4 Å². The third-order valence-electron chi connectivity index (χ3n) is 2.58. The Morgan fingerprint density at radius 1 is 1.47 bits per heavy atom. The monoisotopic (exact) mass is 209 g/mol. The lowest BCUT2D eigenvalue weighted by Gasteiger charge is -2.14. The predicted octanol–water partition coefficient (Wildman–Crippen LogP) is 2.55. The fourth-order valence-corrected chi connectivity index (χ4v) is 1.66. The third kappa shape index (κ3) is 1.76. The molecule has 0 atom stereocenters. The zero-order valence-corrected chi connectivity index (χ0v) is 9.20. The van der Waals surface area contributed by atoms with Crippen molar-refractivity contribution in [3.8, 4) is 0 Å². The average Bonchev–Trinajstić information content (AvgIpc) is 2.81. The number of hydrogen-bond acceptors (Lipinski definition) is 3. The SMILES string of the molecule is CC(C)(C)c1onc(C2CC2)c1C(=O)O. The Labute approximate surface area is 88.3 Å². The van der Waals surface area contributed by atoms with Crippen LogP contribution in [-0.4, -0.2) is 16.2 Å². The maximum atomic E-state index is 11.2. The van der Waals surface area contributed by atoms with E-state index in [1.807, 2.05) is 20.8 Å². The van der Waals surface area contributed by atoms with Crippen molar-refractivity contribution in [2.24, 2.45) is 0 Å². The molecule has 1 aliphatic rings. The van der Waals surface area contributed by atoms with Crippen molar-refractivity contribution in [3.63, 3.8) is 0 Å². The van der Waals surface area contributed by atoms with Crippen LogP contribution in [0, 0.1) is 0 Å². The topological polar surface area (TPSA) is 63.3 Å². The van der Waals surface area contributed by atoms with E-state index in [2.05, 4.69) is 5.16 Å². The Hall–Kier alpha value is -1.32. The van der Waals surface area contributed by atoms with Gasteiger partial charge in [-0.05, 0) is 12.8 Å². The van der Waals surface area contributed by atoms with Crippen LogP contribution in [0.5, 0.6) is 0 Å². The minimum Gasteiger partial charge on any atom is -0.477 e. The summed E-state index contributed by atoms with van der Waals surface area (Å²) in [4.78, 5) is 11.2. The first-order valence-electron chi connectivity index (χ1n) is 5.14. The van der Waals surface area contributed by atoms with Crippen LogP contribution in [0.3, 0.4) is 0 Å². The van der Waals surface area contributed by atoms with E-state index in [0.717, 1.165) is 12.8 Å². The predicted molar refractivity (Wildman–Crippen MR) is 54.1 cm³/mol. The zero-order valence-electron chi connectivity index (χ0n) is 9.20. The van der Waals surface area contributed by atoms with Gasteiger partial charge in [-0.3, -0.25) is 0 Å². The number of carboxylic acid groups (broad SMARTS) is 1. The number of nitrogens with zero attached hydrogens (tertiary/aromatic N) is 1. The Bertz CT molecular complexity index is 396. The van der Waals surface area contributed by atoms with E-state index < -0.39 is 5.97 Å². The van der Waals surface area contributed by atoms with Crippen LogP contribution in [0.4, 0.5) is 0 Å². The van der Waals surface area contributed by atoms with Gasteiger partial charge >= 0.3 is 5.97 Å². The maximum absolute atomic E-state index is 11.2. The Balaban J connectivity index is 2.51. The molecule has 82 valence electrons. The molecule has 0 bridgehead atoms. The number of carboxylic acids is 1. The van der Waals surface area contributed by atoms with E-state index in [1.165, 1.54) is 0 Å². The number of hydrogen-bond donors (Lipinski definition) is 1. The molecule has 1 heterocycles. The van der Waals surface area contributed by atoms with Crippen molar-refractivity contribution in [3.05, 3.63) is 17.0 Å². The van der Waals surface area contributed by atoms with Gasteiger partial charge in [0.25, 0.3) is 0 Å². The van der Waals surface area contributed by atoms with Crippen molar-refractivity contribution in [2.75, 3.05) is 0 Å². The molecule has 2 rings (SSSR count). The number of carbonyl (C=O) groups is 1. The molecule has 0 unspecified atom stereocenters. The molecule has 1 fully saturated rings. The third-order valence-corrected chi connectivity index (χ3v) is 2.58. The van der Waals surface area contributed by atoms with Crippen LogP contribution >= 0.6 is 0 Å². The van der Waals surface area contributed by atoms with Crippen LogP contribution in [0.1, 0.15) is 61.3 Å². The van der Waals surface area contributed by atoms with E-state index in [1.54, 1.807) is 0 Å².